The number of fused-ring (bicyclic) bond motifs is 1. The van der Waals surface area contributed by atoms with Crippen LogP contribution in [0.2, 0.25) is 0 Å². The summed E-state index contributed by atoms with van der Waals surface area (Å²) >= 11 is 0. The summed E-state index contributed by atoms with van der Waals surface area (Å²) in [4.78, 5) is 16.6. The summed E-state index contributed by atoms with van der Waals surface area (Å²) in [5, 5.41) is 6.07. The van der Waals surface area contributed by atoms with Gasteiger partial charge in [0, 0.05) is 12.1 Å². The van der Waals surface area contributed by atoms with E-state index in [4.69, 9.17) is 9.47 Å². The molecule has 26 heavy (non-hydrogen) atoms. The van der Waals surface area contributed by atoms with E-state index in [-0.39, 0.29) is 12.7 Å². The molecule has 0 bridgehead atoms. The number of carbonyl (C=O) groups is 1. The fourth-order valence-corrected chi connectivity index (χ4v) is 2.60. The lowest BCUT2D eigenvalue weighted by atomic mass is 10.2. The van der Waals surface area contributed by atoms with Gasteiger partial charge in [0.2, 0.25) is 6.79 Å². The molecular formula is C20H17N3O3. The van der Waals surface area contributed by atoms with Crippen LogP contribution in [0, 0.1) is 0 Å². The van der Waals surface area contributed by atoms with Crippen LogP contribution in [0.15, 0.2) is 66.9 Å². The first-order chi connectivity index (χ1) is 12.8. The lowest BCUT2D eigenvalue weighted by molar-refractivity contribution is 0.102. The molecule has 1 aromatic heterocycles. The largest absolute Gasteiger partial charge is 0.454 e. The van der Waals surface area contributed by atoms with Crippen molar-refractivity contribution in [2.75, 3.05) is 17.4 Å². The minimum Gasteiger partial charge on any atom is -0.454 e. The first-order valence-electron chi connectivity index (χ1n) is 8.23. The molecule has 0 aliphatic carbocycles. The molecule has 3 aromatic rings. The highest BCUT2D eigenvalue weighted by atomic mass is 16.7. The van der Waals surface area contributed by atoms with E-state index in [1.165, 1.54) is 5.56 Å². The molecule has 0 fully saturated rings. The van der Waals surface area contributed by atoms with Crippen LogP contribution in [0.25, 0.3) is 0 Å². The Morgan fingerprint density at radius 3 is 2.65 bits per heavy atom. The SMILES string of the molecule is O=C(Nc1ccc(NCc2ccccc2)cn1)c1ccc2c(c1)OCO2. The highest BCUT2D eigenvalue weighted by Crippen LogP contribution is 2.32. The van der Waals surface area contributed by atoms with E-state index in [1.54, 1.807) is 30.5 Å². The highest BCUT2D eigenvalue weighted by Gasteiger charge is 2.16. The van der Waals surface area contributed by atoms with Crippen molar-refractivity contribution in [2.45, 2.75) is 6.54 Å². The van der Waals surface area contributed by atoms with E-state index >= 15 is 0 Å². The van der Waals surface area contributed by atoms with Gasteiger partial charge in [-0.1, -0.05) is 30.3 Å². The fraction of sp³-hybridized carbons (Fsp3) is 0.100. The van der Waals surface area contributed by atoms with Crippen LogP contribution in [-0.2, 0) is 6.54 Å². The number of hydrogen-bond acceptors (Lipinski definition) is 5. The van der Waals surface area contributed by atoms with Gasteiger partial charge in [0.25, 0.3) is 5.91 Å². The smallest absolute Gasteiger partial charge is 0.256 e. The fourth-order valence-electron chi connectivity index (χ4n) is 2.60. The second-order valence-corrected chi connectivity index (χ2v) is 5.79. The molecule has 1 amide bonds. The highest BCUT2D eigenvalue weighted by molar-refractivity contribution is 6.04. The predicted octanol–water partition coefficient (Wildman–Crippen LogP) is 3.67. The molecular weight excluding hydrogens is 330 g/mol. The summed E-state index contributed by atoms with van der Waals surface area (Å²) in [6.07, 6.45) is 1.69. The molecule has 1 aliphatic rings. The Labute approximate surface area is 150 Å². The van der Waals surface area contributed by atoms with Crippen LogP contribution in [0.4, 0.5) is 11.5 Å². The standard InChI is InChI=1S/C20H17N3O3/c24-20(15-6-8-17-18(10-15)26-13-25-17)23-19-9-7-16(12-22-19)21-11-14-4-2-1-3-5-14/h1-10,12,21H,11,13H2,(H,22,23,24). The van der Waals surface area contributed by atoms with Gasteiger partial charge in [0.15, 0.2) is 11.5 Å². The predicted molar refractivity (Wildman–Crippen MR) is 98.5 cm³/mol. The topological polar surface area (TPSA) is 72.5 Å². The number of nitrogens with zero attached hydrogens (tertiary/aromatic N) is 1. The third-order valence-corrected chi connectivity index (χ3v) is 3.98. The van der Waals surface area contributed by atoms with Crippen LogP contribution in [0.5, 0.6) is 11.5 Å². The maximum atomic E-state index is 12.3. The molecule has 0 radical (unpaired) electrons. The Bertz CT molecular complexity index is 911. The molecule has 0 spiro atoms. The lowest BCUT2D eigenvalue weighted by Gasteiger charge is -2.08. The lowest BCUT2D eigenvalue weighted by Crippen LogP contribution is -2.13. The summed E-state index contributed by atoms with van der Waals surface area (Å²) in [7, 11) is 0. The number of ether oxygens (including phenoxy) is 2. The van der Waals surface area contributed by atoms with E-state index in [9.17, 15) is 4.79 Å². The van der Waals surface area contributed by atoms with Crippen LogP contribution < -0.4 is 20.1 Å². The van der Waals surface area contributed by atoms with Crippen molar-refractivity contribution in [3.63, 3.8) is 0 Å². The third-order valence-electron chi connectivity index (χ3n) is 3.98. The number of pyridine rings is 1. The van der Waals surface area contributed by atoms with Crippen LogP contribution in [0.1, 0.15) is 15.9 Å². The molecule has 6 heteroatoms. The second kappa shape index (κ2) is 7.14. The molecule has 0 saturated heterocycles. The van der Waals surface area contributed by atoms with Crippen molar-refractivity contribution < 1.29 is 14.3 Å². The number of hydrogen-bond donors (Lipinski definition) is 2. The molecule has 0 atom stereocenters. The Morgan fingerprint density at radius 2 is 1.85 bits per heavy atom. The van der Waals surface area contributed by atoms with Gasteiger partial charge in [0.1, 0.15) is 5.82 Å². The number of benzene rings is 2. The van der Waals surface area contributed by atoms with Crippen LogP contribution in [-0.4, -0.2) is 17.7 Å². The van der Waals surface area contributed by atoms with Gasteiger partial charge in [-0.3, -0.25) is 4.79 Å². The van der Waals surface area contributed by atoms with E-state index < -0.39 is 0 Å². The average Bonchev–Trinajstić information content (AvgIpc) is 3.16. The van der Waals surface area contributed by atoms with E-state index in [0.717, 1.165) is 5.69 Å². The molecule has 0 unspecified atom stereocenters. The van der Waals surface area contributed by atoms with E-state index in [1.807, 2.05) is 24.3 Å². The number of anilines is 2. The maximum Gasteiger partial charge on any atom is 0.256 e. The average molecular weight is 347 g/mol. The first kappa shape index (κ1) is 16.0. The number of rotatable bonds is 5. The van der Waals surface area contributed by atoms with Crippen molar-refractivity contribution in [1.29, 1.82) is 0 Å². The first-order valence-corrected chi connectivity index (χ1v) is 8.23. The molecule has 2 heterocycles. The zero-order valence-electron chi connectivity index (χ0n) is 13.9. The number of nitrogens with one attached hydrogen (secondary N) is 2. The Balaban J connectivity index is 1.37. The second-order valence-electron chi connectivity index (χ2n) is 5.79. The molecule has 2 N–H and O–H groups in total. The zero-order valence-corrected chi connectivity index (χ0v) is 13.9. The Morgan fingerprint density at radius 1 is 1.00 bits per heavy atom. The summed E-state index contributed by atoms with van der Waals surface area (Å²) < 4.78 is 10.5. The third kappa shape index (κ3) is 3.59. The van der Waals surface area contributed by atoms with Gasteiger partial charge >= 0.3 is 0 Å². The summed E-state index contributed by atoms with van der Waals surface area (Å²) in [6, 6.07) is 18.8. The number of carbonyl (C=O) groups excluding carboxylic acids is 1. The van der Waals surface area contributed by atoms with Crippen LogP contribution in [0.3, 0.4) is 0 Å². The normalized spacial score (nSPS) is 11.8. The molecule has 130 valence electrons. The van der Waals surface area contributed by atoms with Gasteiger partial charge in [-0.2, -0.15) is 0 Å². The van der Waals surface area contributed by atoms with E-state index in [0.29, 0.717) is 29.4 Å². The Hall–Kier alpha value is -3.54. The minimum absolute atomic E-state index is 0.180. The molecule has 6 nitrogen and oxygen atoms in total. The van der Waals surface area contributed by atoms with Gasteiger partial charge in [-0.25, -0.2) is 4.98 Å². The summed E-state index contributed by atoms with van der Waals surface area (Å²) in [5.74, 6) is 1.46. The molecule has 4 rings (SSSR count). The van der Waals surface area contributed by atoms with Crippen molar-refractivity contribution >= 4 is 17.4 Å². The monoisotopic (exact) mass is 347 g/mol. The van der Waals surface area contributed by atoms with Gasteiger partial charge in [-0.05, 0) is 35.9 Å². The molecule has 2 aromatic carbocycles. The van der Waals surface area contributed by atoms with Crippen molar-refractivity contribution in [1.82, 2.24) is 4.98 Å². The maximum absolute atomic E-state index is 12.3. The molecule has 0 saturated carbocycles. The van der Waals surface area contributed by atoms with Gasteiger partial charge < -0.3 is 20.1 Å². The summed E-state index contributed by atoms with van der Waals surface area (Å²) in [5.41, 5.74) is 2.56. The van der Waals surface area contributed by atoms with Gasteiger partial charge in [-0.15, -0.1) is 0 Å². The molecule has 1 aliphatic heterocycles. The number of aromatic nitrogens is 1. The van der Waals surface area contributed by atoms with Crippen molar-refractivity contribution in [2.24, 2.45) is 0 Å². The van der Waals surface area contributed by atoms with Crippen molar-refractivity contribution in [3.8, 4) is 11.5 Å². The minimum atomic E-state index is -0.249. The zero-order chi connectivity index (χ0) is 17.8. The number of amides is 1. The van der Waals surface area contributed by atoms with Crippen molar-refractivity contribution in [3.05, 3.63) is 78.0 Å². The van der Waals surface area contributed by atoms with E-state index in [2.05, 4.69) is 27.8 Å². The van der Waals surface area contributed by atoms with Gasteiger partial charge in [0.05, 0.1) is 11.9 Å². The van der Waals surface area contributed by atoms with Crippen LogP contribution >= 0.6 is 0 Å². The Kier molecular flexibility index (Phi) is 4.38. The summed E-state index contributed by atoms with van der Waals surface area (Å²) in [6.45, 7) is 0.894. The quantitative estimate of drug-likeness (QED) is 0.737.